The van der Waals surface area contributed by atoms with Crippen LogP contribution in [0.5, 0.6) is 0 Å². The molecule has 27 heavy (non-hydrogen) atoms. The first-order valence-electron chi connectivity index (χ1n) is 9.44. The molecule has 0 aliphatic carbocycles. The van der Waals surface area contributed by atoms with Crippen molar-refractivity contribution in [2.45, 2.75) is 46.1 Å². The fourth-order valence-corrected chi connectivity index (χ4v) is 3.49. The third-order valence-electron chi connectivity index (χ3n) is 4.97. The Morgan fingerprint density at radius 3 is 2.52 bits per heavy atom. The zero-order chi connectivity index (χ0) is 19.6. The van der Waals surface area contributed by atoms with E-state index >= 15 is 0 Å². The normalized spacial score (nSPS) is 14.0. The van der Waals surface area contributed by atoms with E-state index in [-0.39, 0.29) is 17.9 Å². The van der Waals surface area contributed by atoms with Gasteiger partial charge in [-0.3, -0.25) is 9.59 Å². The maximum atomic E-state index is 12.6. The average molecular weight is 365 g/mol. The van der Waals surface area contributed by atoms with Gasteiger partial charge in [0.05, 0.1) is 0 Å². The van der Waals surface area contributed by atoms with Crippen molar-refractivity contribution in [3.63, 3.8) is 0 Å². The van der Waals surface area contributed by atoms with Crippen molar-refractivity contribution in [2.75, 3.05) is 22.1 Å². The third kappa shape index (κ3) is 4.13. The summed E-state index contributed by atoms with van der Waals surface area (Å²) < 4.78 is 0. The van der Waals surface area contributed by atoms with Gasteiger partial charge >= 0.3 is 0 Å². The Hall–Kier alpha value is -2.82. The van der Waals surface area contributed by atoms with Crippen LogP contribution in [0.3, 0.4) is 0 Å². The third-order valence-corrected chi connectivity index (χ3v) is 4.97. The summed E-state index contributed by atoms with van der Waals surface area (Å²) in [5.74, 6) is 0.325. The predicted octanol–water partition coefficient (Wildman–Crippen LogP) is 4.16. The molecule has 0 bridgehead atoms. The van der Waals surface area contributed by atoms with Gasteiger partial charge in [0.2, 0.25) is 11.8 Å². The van der Waals surface area contributed by atoms with Crippen molar-refractivity contribution in [2.24, 2.45) is 0 Å². The number of para-hydroxylation sites is 1. The molecule has 0 spiro atoms. The summed E-state index contributed by atoms with van der Waals surface area (Å²) in [6.07, 6.45) is 0.840. The van der Waals surface area contributed by atoms with E-state index in [0.29, 0.717) is 5.92 Å². The second kappa shape index (κ2) is 7.82. The van der Waals surface area contributed by atoms with Crippen molar-refractivity contribution in [3.8, 4) is 0 Å². The number of benzene rings is 2. The van der Waals surface area contributed by atoms with Crippen LogP contribution in [0.2, 0.25) is 0 Å². The van der Waals surface area contributed by atoms with Gasteiger partial charge in [0.1, 0.15) is 6.04 Å². The smallest absolute Gasteiger partial charge is 0.246 e. The lowest BCUT2D eigenvalue weighted by atomic mass is 10.0. The first-order chi connectivity index (χ1) is 12.9. The topological polar surface area (TPSA) is 61.4 Å². The van der Waals surface area contributed by atoms with Crippen LogP contribution in [-0.4, -0.2) is 24.4 Å². The number of rotatable bonds is 5. The number of amides is 2. The van der Waals surface area contributed by atoms with E-state index < -0.39 is 0 Å². The van der Waals surface area contributed by atoms with Crippen LogP contribution in [0, 0.1) is 0 Å². The summed E-state index contributed by atoms with van der Waals surface area (Å²) in [6.45, 7) is 8.38. The Morgan fingerprint density at radius 1 is 1.07 bits per heavy atom. The van der Waals surface area contributed by atoms with E-state index in [1.165, 1.54) is 0 Å². The molecular weight excluding hydrogens is 338 g/mol. The molecule has 1 heterocycles. The molecule has 0 saturated heterocycles. The Bertz CT molecular complexity index is 860. The summed E-state index contributed by atoms with van der Waals surface area (Å²) in [5, 5.41) is 6.30. The Morgan fingerprint density at radius 2 is 1.81 bits per heavy atom. The fraction of sp³-hybridized carbons (Fsp3) is 0.364. The monoisotopic (exact) mass is 365 g/mol. The molecule has 1 atom stereocenters. The van der Waals surface area contributed by atoms with Gasteiger partial charge in [0.15, 0.2) is 0 Å². The highest BCUT2D eigenvalue weighted by Crippen LogP contribution is 2.31. The summed E-state index contributed by atoms with van der Waals surface area (Å²) in [5.41, 5.74) is 4.97. The zero-order valence-electron chi connectivity index (χ0n) is 16.4. The van der Waals surface area contributed by atoms with Crippen molar-refractivity contribution < 1.29 is 9.59 Å². The molecule has 5 heteroatoms. The lowest BCUT2D eigenvalue weighted by Crippen LogP contribution is -2.32. The number of hydrogen-bond donors (Lipinski definition) is 2. The molecule has 0 radical (unpaired) electrons. The van der Waals surface area contributed by atoms with Gasteiger partial charge in [-0.2, -0.15) is 0 Å². The minimum Gasteiger partial charge on any atom is -0.374 e. The molecule has 3 rings (SSSR count). The first-order valence-corrected chi connectivity index (χ1v) is 9.44. The lowest BCUT2D eigenvalue weighted by Gasteiger charge is -2.19. The highest BCUT2D eigenvalue weighted by atomic mass is 16.2. The van der Waals surface area contributed by atoms with Crippen LogP contribution < -0.4 is 15.5 Å². The quantitative estimate of drug-likeness (QED) is 0.836. The van der Waals surface area contributed by atoms with E-state index in [9.17, 15) is 9.59 Å². The molecule has 2 aromatic rings. The van der Waals surface area contributed by atoms with Gasteiger partial charge in [0, 0.05) is 30.5 Å². The highest BCUT2D eigenvalue weighted by Gasteiger charge is 2.23. The van der Waals surface area contributed by atoms with Crippen LogP contribution in [0.1, 0.15) is 44.7 Å². The van der Waals surface area contributed by atoms with Crippen molar-refractivity contribution in [1.82, 2.24) is 0 Å². The number of carbonyl (C=O) groups excluding carboxylic acids is 2. The van der Waals surface area contributed by atoms with Crippen molar-refractivity contribution >= 4 is 28.9 Å². The number of nitrogens with one attached hydrogen (secondary N) is 2. The minimum absolute atomic E-state index is 0.0611. The number of anilines is 3. The molecule has 1 aliphatic heterocycles. The second-order valence-corrected chi connectivity index (χ2v) is 7.36. The van der Waals surface area contributed by atoms with Crippen LogP contribution in [0.25, 0.3) is 0 Å². The molecule has 2 N–H and O–H groups in total. The molecule has 1 aliphatic rings. The second-order valence-electron chi connectivity index (χ2n) is 7.36. The van der Waals surface area contributed by atoms with Gasteiger partial charge in [-0.25, -0.2) is 0 Å². The van der Waals surface area contributed by atoms with E-state index in [1.54, 1.807) is 11.8 Å². The zero-order valence-corrected chi connectivity index (χ0v) is 16.4. The highest BCUT2D eigenvalue weighted by molar-refractivity contribution is 5.97. The number of hydrogen-bond acceptors (Lipinski definition) is 3. The Labute approximate surface area is 160 Å². The summed E-state index contributed by atoms with van der Waals surface area (Å²) in [4.78, 5) is 26.1. The van der Waals surface area contributed by atoms with Crippen LogP contribution in [0.4, 0.5) is 17.1 Å². The Kier molecular flexibility index (Phi) is 5.49. The first kappa shape index (κ1) is 19.0. The number of carbonyl (C=O) groups is 2. The van der Waals surface area contributed by atoms with Crippen molar-refractivity contribution in [3.05, 3.63) is 53.6 Å². The van der Waals surface area contributed by atoms with Gasteiger partial charge in [-0.15, -0.1) is 0 Å². The van der Waals surface area contributed by atoms with Gasteiger partial charge in [-0.1, -0.05) is 32.0 Å². The minimum atomic E-state index is -0.381. The summed E-state index contributed by atoms with van der Waals surface area (Å²) in [6, 6.07) is 13.4. The molecular formula is C22H27N3O2. The van der Waals surface area contributed by atoms with Gasteiger partial charge < -0.3 is 15.5 Å². The maximum Gasteiger partial charge on any atom is 0.246 e. The molecule has 2 amide bonds. The molecule has 0 saturated carbocycles. The average Bonchev–Trinajstić information content (AvgIpc) is 3.05. The number of fused-ring (bicyclic) bond motifs is 1. The van der Waals surface area contributed by atoms with E-state index in [1.807, 2.05) is 49.4 Å². The van der Waals surface area contributed by atoms with E-state index in [4.69, 9.17) is 0 Å². The number of nitrogens with zero attached hydrogens (tertiary/aromatic N) is 1. The molecule has 0 unspecified atom stereocenters. The van der Waals surface area contributed by atoms with Gasteiger partial charge in [-0.05, 0) is 54.7 Å². The summed E-state index contributed by atoms with van der Waals surface area (Å²) in [7, 11) is 0. The lowest BCUT2D eigenvalue weighted by molar-refractivity contribution is -0.117. The molecule has 2 aromatic carbocycles. The van der Waals surface area contributed by atoms with Crippen LogP contribution >= 0.6 is 0 Å². The van der Waals surface area contributed by atoms with E-state index in [2.05, 4.69) is 24.5 Å². The van der Waals surface area contributed by atoms with Crippen LogP contribution in [0.15, 0.2) is 42.5 Å². The van der Waals surface area contributed by atoms with Gasteiger partial charge in [0.25, 0.3) is 0 Å². The summed E-state index contributed by atoms with van der Waals surface area (Å²) >= 11 is 0. The predicted molar refractivity (Wildman–Crippen MR) is 110 cm³/mol. The van der Waals surface area contributed by atoms with Crippen molar-refractivity contribution in [1.29, 1.82) is 0 Å². The standard InChI is InChI=1S/C22H27N3O2/c1-14(2)19-7-5-6-8-20(19)24-22(27)15(3)23-18-9-10-21-17(13-18)11-12-25(21)16(4)26/h5-10,13-15,23H,11-12H2,1-4H3,(H,24,27)/t15-/m1/s1. The molecule has 0 aromatic heterocycles. The van der Waals surface area contributed by atoms with E-state index in [0.717, 1.165) is 41.2 Å². The fourth-order valence-electron chi connectivity index (χ4n) is 3.49. The maximum absolute atomic E-state index is 12.6. The largest absolute Gasteiger partial charge is 0.374 e. The molecule has 142 valence electrons. The Balaban J connectivity index is 1.68. The van der Waals surface area contributed by atoms with Crippen LogP contribution in [-0.2, 0) is 16.0 Å². The molecule has 0 fully saturated rings. The molecule has 5 nitrogen and oxygen atoms in total. The SMILES string of the molecule is CC(=O)N1CCc2cc(N[C@H](C)C(=O)Nc3ccccc3C(C)C)ccc21.